The summed E-state index contributed by atoms with van der Waals surface area (Å²) < 4.78 is 16.8. The Hall–Kier alpha value is -4.19. The molecule has 6 nitrogen and oxygen atoms in total. The van der Waals surface area contributed by atoms with Gasteiger partial charge in [0.1, 0.15) is 13.2 Å². The molecule has 0 saturated heterocycles. The Morgan fingerprint density at radius 2 is 0.494 bits per heavy atom. The molecule has 0 aromatic carbocycles. The summed E-state index contributed by atoms with van der Waals surface area (Å²) in [7, 11) is 0. The summed E-state index contributed by atoms with van der Waals surface area (Å²) in [6, 6.07) is 0. The third kappa shape index (κ3) is 64.5. The topological polar surface area (TPSA) is 78.9 Å². The Bertz CT molecular complexity index is 1640. The molecule has 0 N–H and O–H groups in total. The molecule has 450 valence electrons. The van der Waals surface area contributed by atoms with Gasteiger partial charge in [0.15, 0.2) is 6.10 Å². The molecule has 0 spiro atoms. The van der Waals surface area contributed by atoms with Gasteiger partial charge in [0.25, 0.3) is 0 Å². The molecule has 1 unspecified atom stereocenters. The number of hydrogen-bond acceptors (Lipinski definition) is 6. The minimum atomic E-state index is -0.794. The van der Waals surface area contributed by atoms with E-state index >= 15 is 0 Å². The lowest BCUT2D eigenvalue weighted by Gasteiger charge is -2.18. The van der Waals surface area contributed by atoms with Crippen LogP contribution in [0.25, 0.3) is 0 Å². The summed E-state index contributed by atoms with van der Waals surface area (Å²) in [6.07, 6.45) is 92.5. The maximum Gasteiger partial charge on any atom is 0.306 e. The fourth-order valence-corrected chi connectivity index (χ4v) is 9.06. The molecule has 0 heterocycles. The first kappa shape index (κ1) is 74.8. The smallest absolute Gasteiger partial charge is 0.306 e. The van der Waals surface area contributed by atoms with Gasteiger partial charge in [-0.1, -0.05) is 309 Å². The molecule has 79 heavy (non-hydrogen) atoms. The van der Waals surface area contributed by atoms with Crippen molar-refractivity contribution in [3.8, 4) is 0 Å². The summed E-state index contributed by atoms with van der Waals surface area (Å²) in [5, 5.41) is 0. The third-order valence-electron chi connectivity index (χ3n) is 14.0. The fourth-order valence-electron chi connectivity index (χ4n) is 9.06. The first-order chi connectivity index (χ1) is 39.0. The maximum atomic E-state index is 12.8. The van der Waals surface area contributed by atoms with Gasteiger partial charge < -0.3 is 14.2 Å². The van der Waals surface area contributed by atoms with E-state index < -0.39 is 6.10 Å². The molecular formula is C73H122O6. The number of ether oxygens (including phenoxy) is 3. The van der Waals surface area contributed by atoms with Crippen molar-refractivity contribution in [1.29, 1.82) is 0 Å². The van der Waals surface area contributed by atoms with Crippen molar-refractivity contribution in [3.63, 3.8) is 0 Å². The maximum absolute atomic E-state index is 12.8. The van der Waals surface area contributed by atoms with E-state index in [0.29, 0.717) is 19.3 Å². The van der Waals surface area contributed by atoms with E-state index in [-0.39, 0.29) is 31.1 Å². The van der Waals surface area contributed by atoms with Crippen LogP contribution in [0.4, 0.5) is 0 Å². The summed E-state index contributed by atoms with van der Waals surface area (Å²) in [6.45, 7) is 6.45. The molecule has 0 saturated carbocycles. The zero-order valence-electron chi connectivity index (χ0n) is 51.6. The predicted molar refractivity (Wildman–Crippen MR) is 343 cm³/mol. The molecule has 0 aliphatic rings. The van der Waals surface area contributed by atoms with E-state index in [1.54, 1.807) is 0 Å². The molecule has 0 aliphatic heterocycles. The van der Waals surface area contributed by atoms with Gasteiger partial charge in [-0.25, -0.2) is 0 Å². The molecule has 1 atom stereocenters. The minimum absolute atomic E-state index is 0.0910. The lowest BCUT2D eigenvalue weighted by Crippen LogP contribution is -2.30. The fraction of sp³-hybridized carbons (Fsp3) is 0.685. The Morgan fingerprint density at radius 3 is 0.772 bits per heavy atom. The molecule has 0 aromatic rings. The molecule has 0 radical (unpaired) electrons. The van der Waals surface area contributed by atoms with Crippen LogP contribution in [-0.2, 0) is 28.6 Å². The largest absolute Gasteiger partial charge is 0.462 e. The zero-order valence-corrected chi connectivity index (χ0v) is 51.6. The monoisotopic (exact) mass is 1090 g/mol. The van der Waals surface area contributed by atoms with Crippen molar-refractivity contribution in [1.82, 2.24) is 0 Å². The van der Waals surface area contributed by atoms with Crippen LogP contribution in [0.15, 0.2) is 122 Å². The summed E-state index contributed by atoms with van der Waals surface area (Å²) >= 11 is 0. The van der Waals surface area contributed by atoms with Gasteiger partial charge in [-0.05, 0) is 96.3 Å². The number of allylic oxidation sites excluding steroid dienone is 20. The highest BCUT2D eigenvalue weighted by Gasteiger charge is 2.19. The minimum Gasteiger partial charge on any atom is -0.462 e. The van der Waals surface area contributed by atoms with Crippen molar-refractivity contribution in [2.45, 2.75) is 309 Å². The number of carbonyl (C=O) groups excluding carboxylic acids is 3. The summed E-state index contributed by atoms with van der Waals surface area (Å²) in [5.74, 6) is -0.939. The second-order valence-corrected chi connectivity index (χ2v) is 21.7. The highest BCUT2D eigenvalue weighted by Crippen LogP contribution is 2.17. The Kier molecular flexibility index (Phi) is 62.8. The molecule has 0 bridgehead atoms. The standard InChI is InChI=1S/C73H122O6/c1-4-7-10-13-16-18-20-22-24-26-28-30-32-33-34-35-36-37-38-39-40-41-42-44-45-47-49-51-53-55-57-60-63-66-72(75)78-69-70(68-77-71(74)65-62-59-15-12-9-6-3)79-73(76)67-64-61-58-56-54-52-50-48-46-43-31-29-27-25-23-21-19-17-14-11-8-5-2/h7,10,16,18,22,24,28,30,33-34,36-37,39-40,42,44,47,49,53,55,70H,4-6,8-9,11-15,17,19-21,23,25-27,29,31-32,35,38,41,43,45-46,48,50-52,54,56-69H2,1-3H3/b10-7-,18-16-,24-22-,30-28-,34-33-,37-36-,40-39-,44-42-,49-47-,55-53-. The van der Waals surface area contributed by atoms with E-state index in [9.17, 15) is 14.4 Å². The number of rotatable bonds is 59. The van der Waals surface area contributed by atoms with E-state index in [2.05, 4.69) is 142 Å². The molecule has 0 fully saturated rings. The van der Waals surface area contributed by atoms with Gasteiger partial charge >= 0.3 is 17.9 Å². The van der Waals surface area contributed by atoms with Crippen LogP contribution < -0.4 is 0 Å². The summed E-state index contributed by atoms with van der Waals surface area (Å²) in [5.41, 5.74) is 0. The van der Waals surface area contributed by atoms with Crippen LogP contribution >= 0.6 is 0 Å². The van der Waals surface area contributed by atoms with Gasteiger partial charge in [-0.15, -0.1) is 0 Å². The van der Waals surface area contributed by atoms with Gasteiger partial charge in [-0.3, -0.25) is 14.4 Å². The quantitative estimate of drug-likeness (QED) is 0.0261. The van der Waals surface area contributed by atoms with Crippen molar-refractivity contribution >= 4 is 17.9 Å². The number of esters is 3. The van der Waals surface area contributed by atoms with Crippen LogP contribution in [0.5, 0.6) is 0 Å². The molecule has 0 aliphatic carbocycles. The van der Waals surface area contributed by atoms with Crippen molar-refractivity contribution in [2.75, 3.05) is 13.2 Å². The lowest BCUT2D eigenvalue weighted by atomic mass is 10.0. The van der Waals surface area contributed by atoms with Crippen LogP contribution in [0, 0.1) is 0 Å². The second kappa shape index (κ2) is 66.3. The second-order valence-electron chi connectivity index (χ2n) is 21.7. The van der Waals surface area contributed by atoms with Crippen molar-refractivity contribution in [2.24, 2.45) is 0 Å². The Morgan fingerprint density at radius 1 is 0.266 bits per heavy atom. The van der Waals surface area contributed by atoms with Crippen LogP contribution in [0.3, 0.4) is 0 Å². The molecular weight excluding hydrogens is 973 g/mol. The lowest BCUT2D eigenvalue weighted by molar-refractivity contribution is -0.167. The van der Waals surface area contributed by atoms with Crippen molar-refractivity contribution in [3.05, 3.63) is 122 Å². The Labute approximate surface area is 488 Å². The SMILES string of the molecule is CC/C=C\C/C=C\C/C=C\C/C=C\C/C=C\C/C=C\C/C=C\C/C=C\C/C=C\C/C=C\CCCCC(=O)OCC(COC(=O)CCCCCCCC)OC(=O)CCCCCCCCCCCCCCCCCCCCCCCC. The van der Waals surface area contributed by atoms with Crippen LogP contribution in [0.1, 0.15) is 303 Å². The molecule has 0 aromatic heterocycles. The van der Waals surface area contributed by atoms with Crippen molar-refractivity contribution < 1.29 is 28.6 Å². The van der Waals surface area contributed by atoms with Crippen LogP contribution in [-0.4, -0.2) is 37.2 Å². The predicted octanol–water partition coefficient (Wildman–Crippen LogP) is 22.8. The van der Waals surface area contributed by atoms with E-state index in [1.807, 2.05) is 0 Å². The number of hydrogen-bond donors (Lipinski definition) is 0. The highest BCUT2D eigenvalue weighted by molar-refractivity contribution is 5.71. The highest BCUT2D eigenvalue weighted by atomic mass is 16.6. The molecule has 0 amide bonds. The van der Waals surface area contributed by atoms with E-state index in [4.69, 9.17) is 14.2 Å². The van der Waals surface area contributed by atoms with Crippen LogP contribution in [0.2, 0.25) is 0 Å². The Balaban J connectivity index is 4.18. The van der Waals surface area contributed by atoms with E-state index in [0.717, 1.165) is 122 Å². The van der Waals surface area contributed by atoms with E-state index in [1.165, 1.54) is 141 Å². The number of carbonyl (C=O) groups is 3. The van der Waals surface area contributed by atoms with Gasteiger partial charge in [0.2, 0.25) is 0 Å². The number of unbranched alkanes of at least 4 members (excludes halogenated alkanes) is 28. The van der Waals surface area contributed by atoms with Gasteiger partial charge in [0.05, 0.1) is 0 Å². The zero-order chi connectivity index (χ0) is 57.1. The average Bonchev–Trinajstić information content (AvgIpc) is 3.45. The average molecular weight is 1100 g/mol. The molecule has 6 heteroatoms. The van der Waals surface area contributed by atoms with Gasteiger partial charge in [-0.2, -0.15) is 0 Å². The third-order valence-corrected chi connectivity index (χ3v) is 14.0. The first-order valence-corrected chi connectivity index (χ1v) is 33.0. The van der Waals surface area contributed by atoms with Gasteiger partial charge in [0, 0.05) is 19.3 Å². The first-order valence-electron chi connectivity index (χ1n) is 33.0. The molecule has 0 rings (SSSR count). The summed E-state index contributed by atoms with van der Waals surface area (Å²) in [4.78, 5) is 38.0. The normalized spacial score (nSPS) is 12.9.